The van der Waals surface area contributed by atoms with E-state index in [1.165, 1.54) is 11.8 Å². The quantitative estimate of drug-likeness (QED) is 0.362. The van der Waals surface area contributed by atoms with E-state index in [9.17, 15) is 14.4 Å². The number of hydrogen-bond donors (Lipinski definition) is 0. The summed E-state index contributed by atoms with van der Waals surface area (Å²) >= 11 is 0. The Bertz CT molecular complexity index is 676. The van der Waals surface area contributed by atoms with E-state index in [4.69, 9.17) is 4.74 Å². The van der Waals surface area contributed by atoms with Crippen LogP contribution in [0.3, 0.4) is 0 Å². The van der Waals surface area contributed by atoms with E-state index in [1.807, 2.05) is 0 Å². The fourth-order valence-corrected chi connectivity index (χ4v) is 3.99. The molecule has 1 heterocycles. The van der Waals surface area contributed by atoms with Crippen LogP contribution in [-0.2, 0) is 14.4 Å². The highest BCUT2D eigenvalue weighted by Gasteiger charge is 2.59. The van der Waals surface area contributed by atoms with Crippen molar-refractivity contribution >= 4 is 23.5 Å². The van der Waals surface area contributed by atoms with Gasteiger partial charge in [-0.05, 0) is 42.5 Å². The van der Waals surface area contributed by atoms with Crippen molar-refractivity contribution in [2.45, 2.75) is 13.3 Å². The first-order chi connectivity index (χ1) is 10.6. The van der Waals surface area contributed by atoms with Gasteiger partial charge in [0.05, 0.1) is 17.5 Å². The normalized spacial score (nSPS) is 31.8. The zero-order valence-electron chi connectivity index (χ0n) is 12.1. The van der Waals surface area contributed by atoms with Crippen molar-refractivity contribution in [3.8, 4) is 5.75 Å². The van der Waals surface area contributed by atoms with Crippen molar-refractivity contribution in [3.05, 3.63) is 36.4 Å². The molecule has 0 radical (unpaired) electrons. The van der Waals surface area contributed by atoms with Gasteiger partial charge in [-0.2, -0.15) is 0 Å². The third-order valence-electron chi connectivity index (χ3n) is 4.83. The van der Waals surface area contributed by atoms with E-state index in [0.717, 1.165) is 6.42 Å². The van der Waals surface area contributed by atoms with E-state index in [0.29, 0.717) is 11.4 Å². The predicted octanol–water partition coefficient (Wildman–Crippen LogP) is 1.92. The molecule has 0 unspecified atom stereocenters. The highest BCUT2D eigenvalue weighted by molar-refractivity contribution is 6.22. The lowest BCUT2D eigenvalue weighted by molar-refractivity contribution is -0.132. The van der Waals surface area contributed by atoms with Crippen LogP contribution < -0.4 is 9.64 Å². The minimum absolute atomic E-state index is 0.105. The van der Waals surface area contributed by atoms with Gasteiger partial charge in [-0.3, -0.25) is 19.3 Å². The molecule has 22 heavy (non-hydrogen) atoms. The van der Waals surface area contributed by atoms with E-state index in [-0.39, 0.29) is 35.5 Å². The van der Waals surface area contributed by atoms with Gasteiger partial charge in [0, 0.05) is 6.92 Å². The number of carbonyl (C=O) groups excluding carboxylic acids is 3. The smallest absolute Gasteiger partial charge is 0.308 e. The minimum Gasteiger partial charge on any atom is -0.427 e. The summed E-state index contributed by atoms with van der Waals surface area (Å²) in [5.41, 5.74) is 0.541. The molecule has 3 aliphatic rings. The number of esters is 1. The molecule has 4 rings (SSSR count). The molecular formula is C17H15NO4. The first-order valence-electron chi connectivity index (χ1n) is 7.41. The Morgan fingerprint density at radius 3 is 2.09 bits per heavy atom. The van der Waals surface area contributed by atoms with Crippen LogP contribution in [0.1, 0.15) is 13.3 Å². The first kappa shape index (κ1) is 13.2. The Morgan fingerprint density at radius 1 is 1.05 bits per heavy atom. The van der Waals surface area contributed by atoms with Gasteiger partial charge in [-0.15, -0.1) is 0 Å². The average Bonchev–Trinajstić information content (AvgIpc) is 3.14. The molecular weight excluding hydrogens is 282 g/mol. The number of nitrogens with zero attached hydrogens (tertiary/aromatic N) is 1. The van der Waals surface area contributed by atoms with Crippen LogP contribution in [0.4, 0.5) is 5.69 Å². The second-order valence-corrected chi connectivity index (χ2v) is 6.10. The highest BCUT2D eigenvalue weighted by Crippen LogP contribution is 2.53. The van der Waals surface area contributed by atoms with Crippen LogP contribution in [0.5, 0.6) is 5.75 Å². The Balaban J connectivity index is 1.62. The predicted molar refractivity (Wildman–Crippen MR) is 78.0 cm³/mol. The monoisotopic (exact) mass is 297 g/mol. The van der Waals surface area contributed by atoms with Crippen LogP contribution in [0.2, 0.25) is 0 Å². The molecule has 2 aliphatic carbocycles. The maximum absolute atomic E-state index is 12.6. The summed E-state index contributed by atoms with van der Waals surface area (Å²) in [5.74, 6) is -0.200. The molecule has 1 aliphatic heterocycles. The molecule has 1 saturated carbocycles. The van der Waals surface area contributed by atoms with E-state index < -0.39 is 5.97 Å². The standard InChI is InChI=1S/C17H15NO4/c1-9(19)22-13-6-4-12(5-7-13)18-16(20)14-10-2-3-11(8-10)15(14)17(18)21/h2-7,10-11,14-15H,8H2,1H3/t10-,11-,14-,15+/m0/s1. The second-order valence-electron chi connectivity index (χ2n) is 6.10. The first-order valence-corrected chi connectivity index (χ1v) is 7.41. The summed E-state index contributed by atoms with van der Waals surface area (Å²) < 4.78 is 4.97. The number of ether oxygens (including phenoxy) is 1. The lowest BCUT2D eigenvalue weighted by Gasteiger charge is -2.17. The second kappa shape index (κ2) is 4.53. The number of amides is 2. The topological polar surface area (TPSA) is 63.7 Å². The van der Waals surface area contributed by atoms with Gasteiger partial charge >= 0.3 is 5.97 Å². The summed E-state index contributed by atoms with van der Waals surface area (Å²) in [4.78, 5) is 37.5. The summed E-state index contributed by atoms with van der Waals surface area (Å²) in [6, 6.07) is 6.48. The molecule has 2 fully saturated rings. The van der Waals surface area contributed by atoms with Crippen LogP contribution in [0, 0.1) is 23.7 Å². The van der Waals surface area contributed by atoms with E-state index in [2.05, 4.69) is 12.2 Å². The van der Waals surface area contributed by atoms with Crippen LogP contribution >= 0.6 is 0 Å². The zero-order chi connectivity index (χ0) is 15.4. The van der Waals surface area contributed by atoms with Gasteiger partial charge in [-0.1, -0.05) is 12.2 Å². The molecule has 0 spiro atoms. The van der Waals surface area contributed by atoms with Crippen molar-refractivity contribution in [3.63, 3.8) is 0 Å². The molecule has 0 aromatic heterocycles. The average molecular weight is 297 g/mol. The summed E-state index contributed by atoms with van der Waals surface area (Å²) in [6.07, 6.45) is 5.07. The number of carbonyl (C=O) groups is 3. The number of benzene rings is 1. The van der Waals surface area contributed by atoms with Crippen molar-refractivity contribution in [1.29, 1.82) is 0 Å². The number of allylic oxidation sites excluding steroid dienone is 2. The molecule has 1 saturated heterocycles. The maximum Gasteiger partial charge on any atom is 0.308 e. The lowest BCUT2D eigenvalue weighted by atomic mass is 9.85. The van der Waals surface area contributed by atoms with Gasteiger partial charge in [0.1, 0.15) is 5.75 Å². The van der Waals surface area contributed by atoms with Crippen LogP contribution in [-0.4, -0.2) is 17.8 Å². The molecule has 1 aromatic rings. The fraction of sp³-hybridized carbons (Fsp3) is 0.353. The van der Waals surface area contributed by atoms with Crippen LogP contribution in [0.25, 0.3) is 0 Å². The Hall–Kier alpha value is -2.43. The van der Waals surface area contributed by atoms with Gasteiger partial charge in [-0.25, -0.2) is 0 Å². The number of hydrogen-bond acceptors (Lipinski definition) is 4. The Kier molecular flexibility index (Phi) is 2.73. The summed E-state index contributed by atoms with van der Waals surface area (Å²) in [6.45, 7) is 1.32. The Morgan fingerprint density at radius 2 is 1.59 bits per heavy atom. The number of imide groups is 1. The van der Waals surface area contributed by atoms with Gasteiger partial charge in [0.15, 0.2) is 0 Å². The molecule has 0 N–H and O–H groups in total. The summed E-state index contributed by atoms with van der Waals surface area (Å²) in [7, 11) is 0. The maximum atomic E-state index is 12.6. The molecule has 4 atom stereocenters. The van der Waals surface area contributed by atoms with E-state index in [1.54, 1.807) is 24.3 Å². The van der Waals surface area contributed by atoms with E-state index >= 15 is 0 Å². The molecule has 1 aromatic carbocycles. The SMILES string of the molecule is CC(=O)Oc1ccc(N2C(=O)[C@@H]3[C@H](C2=O)[C@H]2C=C[C@H]3C2)cc1. The van der Waals surface area contributed by atoms with Gasteiger partial charge in [0.2, 0.25) is 11.8 Å². The van der Waals surface area contributed by atoms with Crippen molar-refractivity contribution in [2.75, 3.05) is 4.90 Å². The van der Waals surface area contributed by atoms with Crippen molar-refractivity contribution in [1.82, 2.24) is 0 Å². The van der Waals surface area contributed by atoms with Crippen molar-refractivity contribution < 1.29 is 19.1 Å². The lowest BCUT2D eigenvalue weighted by Crippen LogP contribution is -2.32. The number of rotatable bonds is 2. The molecule has 5 heteroatoms. The van der Waals surface area contributed by atoms with Gasteiger partial charge < -0.3 is 4.74 Å². The third kappa shape index (κ3) is 1.75. The zero-order valence-corrected chi connectivity index (χ0v) is 12.1. The Labute approximate surface area is 127 Å². The molecule has 2 bridgehead atoms. The molecule has 112 valence electrons. The summed E-state index contributed by atoms with van der Waals surface area (Å²) in [5, 5.41) is 0. The number of fused-ring (bicyclic) bond motifs is 5. The molecule has 2 amide bonds. The van der Waals surface area contributed by atoms with Crippen LogP contribution in [0.15, 0.2) is 36.4 Å². The van der Waals surface area contributed by atoms with Crippen molar-refractivity contribution in [2.24, 2.45) is 23.7 Å². The van der Waals surface area contributed by atoms with Gasteiger partial charge in [0.25, 0.3) is 0 Å². The minimum atomic E-state index is -0.404. The molecule has 5 nitrogen and oxygen atoms in total. The fourth-order valence-electron chi connectivity index (χ4n) is 3.99. The number of anilines is 1. The third-order valence-corrected chi connectivity index (χ3v) is 4.83. The highest BCUT2D eigenvalue weighted by atomic mass is 16.5. The largest absolute Gasteiger partial charge is 0.427 e.